The molecule has 1 saturated heterocycles. The molecule has 2 rings (SSSR count). The van der Waals surface area contributed by atoms with Gasteiger partial charge in [0.2, 0.25) is 5.91 Å². The topological polar surface area (TPSA) is 88.5 Å². The Hall–Kier alpha value is -1.95. The van der Waals surface area contributed by atoms with Gasteiger partial charge in [-0.25, -0.2) is 4.79 Å². The summed E-state index contributed by atoms with van der Waals surface area (Å²) in [6.07, 6.45) is 4.87. The van der Waals surface area contributed by atoms with Gasteiger partial charge < -0.3 is 15.2 Å². The zero-order valence-corrected chi connectivity index (χ0v) is 11.2. The molecule has 6 nitrogen and oxygen atoms in total. The highest BCUT2D eigenvalue weighted by atomic mass is 16.5. The van der Waals surface area contributed by atoms with Crippen LogP contribution in [-0.2, 0) is 16.1 Å². The van der Waals surface area contributed by atoms with E-state index in [0.717, 1.165) is 25.9 Å². The highest BCUT2D eigenvalue weighted by Crippen LogP contribution is 2.16. The maximum absolute atomic E-state index is 11.7. The monoisotopic (exact) mass is 278 g/mol. The number of hydrogen-bond donors (Lipinski definition) is 2. The summed E-state index contributed by atoms with van der Waals surface area (Å²) in [6, 6.07) is 2.88. The zero-order valence-electron chi connectivity index (χ0n) is 11.2. The number of amides is 1. The van der Waals surface area contributed by atoms with Crippen molar-refractivity contribution in [2.45, 2.75) is 38.3 Å². The van der Waals surface area contributed by atoms with Gasteiger partial charge in [-0.3, -0.25) is 9.78 Å². The Labute approximate surface area is 117 Å². The van der Waals surface area contributed by atoms with Crippen molar-refractivity contribution in [2.24, 2.45) is 0 Å². The first-order valence-corrected chi connectivity index (χ1v) is 6.71. The van der Waals surface area contributed by atoms with Gasteiger partial charge in [0, 0.05) is 19.2 Å². The first-order valence-electron chi connectivity index (χ1n) is 6.71. The van der Waals surface area contributed by atoms with Crippen LogP contribution in [0, 0.1) is 0 Å². The van der Waals surface area contributed by atoms with Crippen molar-refractivity contribution in [1.82, 2.24) is 10.3 Å². The van der Waals surface area contributed by atoms with Crippen LogP contribution in [0.2, 0.25) is 0 Å². The second-order valence-electron chi connectivity index (χ2n) is 4.79. The number of carboxylic acid groups (broad SMARTS) is 1. The van der Waals surface area contributed by atoms with Gasteiger partial charge in [0.1, 0.15) is 0 Å². The van der Waals surface area contributed by atoms with E-state index in [9.17, 15) is 9.59 Å². The fourth-order valence-corrected chi connectivity index (χ4v) is 2.15. The smallest absolute Gasteiger partial charge is 0.335 e. The van der Waals surface area contributed by atoms with Crippen LogP contribution in [0.15, 0.2) is 18.3 Å². The summed E-state index contributed by atoms with van der Waals surface area (Å²) in [5.74, 6) is -1.07. The largest absolute Gasteiger partial charge is 0.478 e. The molecule has 0 bridgehead atoms. The van der Waals surface area contributed by atoms with Gasteiger partial charge >= 0.3 is 5.97 Å². The summed E-state index contributed by atoms with van der Waals surface area (Å²) in [6.45, 7) is 1.03. The van der Waals surface area contributed by atoms with E-state index in [-0.39, 0.29) is 24.1 Å². The average molecular weight is 278 g/mol. The Kier molecular flexibility index (Phi) is 5.06. The van der Waals surface area contributed by atoms with E-state index in [0.29, 0.717) is 12.1 Å². The quantitative estimate of drug-likeness (QED) is 0.820. The van der Waals surface area contributed by atoms with Crippen LogP contribution >= 0.6 is 0 Å². The predicted octanol–water partition coefficient (Wildman–Crippen LogP) is 1.36. The second kappa shape index (κ2) is 7.00. The number of carbonyl (C=O) groups is 2. The lowest BCUT2D eigenvalue weighted by Crippen LogP contribution is -2.24. The lowest BCUT2D eigenvalue weighted by atomic mass is 10.1. The van der Waals surface area contributed by atoms with Crippen LogP contribution in [0.5, 0.6) is 0 Å². The molecule has 0 saturated carbocycles. The van der Waals surface area contributed by atoms with Gasteiger partial charge in [-0.1, -0.05) is 0 Å². The first kappa shape index (κ1) is 14.5. The molecule has 1 atom stereocenters. The Morgan fingerprint density at radius 3 is 3.05 bits per heavy atom. The van der Waals surface area contributed by atoms with E-state index in [1.807, 2.05) is 0 Å². The van der Waals surface area contributed by atoms with Crippen LogP contribution in [0.1, 0.15) is 41.7 Å². The Morgan fingerprint density at radius 1 is 1.50 bits per heavy atom. The van der Waals surface area contributed by atoms with Crippen LogP contribution < -0.4 is 5.32 Å². The number of hydrogen-bond acceptors (Lipinski definition) is 4. The molecular weight excluding hydrogens is 260 g/mol. The molecule has 6 heteroatoms. The van der Waals surface area contributed by atoms with Crippen LogP contribution in [0.3, 0.4) is 0 Å². The van der Waals surface area contributed by atoms with Gasteiger partial charge in [-0.2, -0.15) is 0 Å². The summed E-state index contributed by atoms with van der Waals surface area (Å²) in [5, 5.41) is 11.6. The number of aromatic carboxylic acids is 1. The SMILES string of the molecule is O=C(CCC1CCCO1)NCc1cc(C(=O)O)ccn1. The number of pyridine rings is 1. The number of carbonyl (C=O) groups excluding carboxylic acids is 1. The number of carboxylic acids is 1. The molecule has 20 heavy (non-hydrogen) atoms. The minimum atomic E-state index is -1.00. The molecule has 0 aliphatic carbocycles. The molecule has 1 aromatic heterocycles. The summed E-state index contributed by atoms with van der Waals surface area (Å²) < 4.78 is 5.45. The molecule has 0 radical (unpaired) electrons. The van der Waals surface area contributed by atoms with Crippen molar-refractivity contribution < 1.29 is 19.4 Å². The van der Waals surface area contributed by atoms with Crippen LogP contribution in [0.4, 0.5) is 0 Å². The van der Waals surface area contributed by atoms with Crippen molar-refractivity contribution in [3.05, 3.63) is 29.6 Å². The maximum Gasteiger partial charge on any atom is 0.335 e. The van der Waals surface area contributed by atoms with E-state index in [4.69, 9.17) is 9.84 Å². The molecule has 1 fully saturated rings. The van der Waals surface area contributed by atoms with Gasteiger partial charge in [0.25, 0.3) is 0 Å². The van der Waals surface area contributed by atoms with Gasteiger partial charge in [0.05, 0.1) is 23.9 Å². The zero-order chi connectivity index (χ0) is 14.4. The van der Waals surface area contributed by atoms with Crippen molar-refractivity contribution in [1.29, 1.82) is 0 Å². The Morgan fingerprint density at radius 2 is 2.35 bits per heavy atom. The summed E-state index contributed by atoms with van der Waals surface area (Å²) in [7, 11) is 0. The van der Waals surface area contributed by atoms with Crippen molar-refractivity contribution in [2.75, 3.05) is 6.61 Å². The van der Waals surface area contributed by atoms with Gasteiger partial charge in [0.15, 0.2) is 0 Å². The van der Waals surface area contributed by atoms with Crippen molar-refractivity contribution in [3.8, 4) is 0 Å². The number of ether oxygens (including phenoxy) is 1. The van der Waals surface area contributed by atoms with Crippen molar-refractivity contribution >= 4 is 11.9 Å². The molecule has 108 valence electrons. The number of nitrogens with one attached hydrogen (secondary N) is 1. The molecule has 2 N–H and O–H groups in total. The molecule has 0 spiro atoms. The molecule has 1 aromatic rings. The number of nitrogens with zero attached hydrogens (tertiary/aromatic N) is 1. The van der Waals surface area contributed by atoms with Crippen LogP contribution in [-0.4, -0.2) is 34.7 Å². The van der Waals surface area contributed by atoms with Gasteiger partial charge in [-0.05, 0) is 31.4 Å². The molecule has 2 heterocycles. The van der Waals surface area contributed by atoms with E-state index in [2.05, 4.69) is 10.3 Å². The number of rotatable bonds is 6. The van der Waals surface area contributed by atoms with E-state index < -0.39 is 5.97 Å². The first-order chi connectivity index (χ1) is 9.65. The minimum Gasteiger partial charge on any atom is -0.478 e. The molecule has 1 unspecified atom stereocenters. The lowest BCUT2D eigenvalue weighted by molar-refractivity contribution is -0.121. The molecule has 0 aromatic carbocycles. The Balaban J connectivity index is 1.75. The Bertz CT molecular complexity index is 484. The fourth-order valence-electron chi connectivity index (χ4n) is 2.15. The van der Waals surface area contributed by atoms with Gasteiger partial charge in [-0.15, -0.1) is 0 Å². The normalized spacial score (nSPS) is 17.9. The fraction of sp³-hybridized carbons (Fsp3) is 0.500. The summed E-state index contributed by atoms with van der Waals surface area (Å²) >= 11 is 0. The molecular formula is C14H18N2O4. The minimum absolute atomic E-state index is 0.0666. The standard InChI is InChI=1S/C14H18N2O4/c17-13(4-3-12-2-1-7-20-12)16-9-11-8-10(14(18)19)5-6-15-11/h5-6,8,12H,1-4,7,9H2,(H,16,17)(H,18,19). The summed E-state index contributed by atoms with van der Waals surface area (Å²) in [4.78, 5) is 26.5. The highest BCUT2D eigenvalue weighted by molar-refractivity contribution is 5.87. The lowest BCUT2D eigenvalue weighted by Gasteiger charge is -2.09. The molecule has 1 amide bonds. The average Bonchev–Trinajstić information content (AvgIpc) is 2.96. The van der Waals surface area contributed by atoms with E-state index in [1.54, 1.807) is 0 Å². The second-order valence-corrected chi connectivity index (χ2v) is 4.79. The predicted molar refractivity (Wildman–Crippen MR) is 71.3 cm³/mol. The third-order valence-electron chi connectivity index (χ3n) is 3.25. The highest BCUT2D eigenvalue weighted by Gasteiger charge is 2.16. The maximum atomic E-state index is 11.7. The third-order valence-corrected chi connectivity index (χ3v) is 3.25. The van der Waals surface area contributed by atoms with E-state index in [1.165, 1.54) is 18.3 Å². The van der Waals surface area contributed by atoms with Crippen molar-refractivity contribution in [3.63, 3.8) is 0 Å². The molecule has 1 aliphatic heterocycles. The van der Waals surface area contributed by atoms with Crippen LogP contribution in [0.25, 0.3) is 0 Å². The molecule has 1 aliphatic rings. The number of aromatic nitrogens is 1. The summed E-state index contributed by atoms with van der Waals surface area (Å²) in [5.41, 5.74) is 0.707. The van der Waals surface area contributed by atoms with E-state index >= 15 is 0 Å². The third kappa shape index (κ3) is 4.31.